The van der Waals surface area contributed by atoms with Gasteiger partial charge in [-0.3, -0.25) is 0 Å². The van der Waals surface area contributed by atoms with E-state index in [4.69, 9.17) is 5.73 Å². The van der Waals surface area contributed by atoms with E-state index < -0.39 is 12.1 Å². The Bertz CT molecular complexity index is 149. The average Bonchev–Trinajstić information content (AvgIpc) is 2.04. The highest BCUT2D eigenvalue weighted by Crippen LogP contribution is 2.32. The Morgan fingerprint density at radius 2 is 1.71 bits per heavy atom. The highest BCUT2D eigenvalue weighted by molar-refractivity contribution is 4.83. The molecule has 0 aliphatic carbocycles. The van der Waals surface area contributed by atoms with Crippen LogP contribution in [0.5, 0.6) is 0 Å². The first-order valence-corrected chi connectivity index (χ1v) is 4.90. The third kappa shape index (κ3) is 4.28. The molecule has 0 spiro atoms. The van der Waals surface area contributed by atoms with Gasteiger partial charge in [0.05, 0.1) is 5.92 Å². The summed E-state index contributed by atoms with van der Waals surface area (Å²) in [6.45, 7) is 4.64. The summed E-state index contributed by atoms with van der Waals surface area (Å²) < 4.78 is 36.6. The smallest absolute Gasteiger partial charge is 0.327 e. The molecule has 2 nitrogen and oxygen atoms in total. The lowest BCUT2D eigenvalue weighted by Gasteiger charge is -2.34. The van der Waals surface area contributed by atoms with Crippen LogP contribution in [-0.4, -0.2) is 37.3 Å². The Kier molecular flexibility index (Phi) is 5.44. The maximum Gasteiger partial charge on any atom is 0.393 e. The van der Waals surface area contributed by atoms with Gasteiger partial charge in [-0.2, -0.15) is 13.2 Å². The Morgan fingerprint density at radius 1 is 1.21 bits per heavy atom. The second kappa shape index (κ2) is 5.56. The lowest BCUT2D eigenvalue weighted by Crippen LogP contribution is -2.49. The quantitative estimate of drug-likeness (QED) is 0.664. The Balaban J connectivity index is 0.000000791. The molecule has 0 radical (unpaired) electrons. The molecule has 1 aliphatic heterocycles. The van der Waals surface area contributed by atoms with Crippen LogP contribution >= 0.6 is 0 Å². The number of likely N-dealkylation sites (N-methyl/N-ethyl adjacent to an activating group) is 1. The summed E-state index contributed by atoms with van der Waals surface area (Å²) in [5, 5.41) is 0. The molecule has 0 saturated carbocycles. The lowest BCUT2D eigenvalue weighted by atomic mass is 9.95. The number of hydrogen-bond acceptors (Lipinski definition) is 2. The van der Waals surface area contributed by atoms with E-state index >= 15 is 0 Å². The fourth-order valence-corrected chi connectivity index (χ4v) is 1.60. The average molecular weight is 212 g/mol. The second-order valence-electron chi connectivity index (χ2n) is 3.46. The molecule has 0 aromatic heterocycles. The van der Waals surface area contributed by atoms with Crippen LogP contribution in [0.15, 0.2) is 0 Å². The summed E-state index contributed by atoms with van der Waals surface area (Å²) in [6, 6.07) is -0.338. The number of rotatable bonds is 0. The summed E-state index contributed by atoms with van der Waals surface area (Å²) in [6.07, 6.45) is -4.03. The first-order chi connectivity index (χ1) is 6.39. The van der Waals surface area contributed by atoms with Crippen molar-refractivity contribution in [2.45, 2.75) is 32.5 Å². The van der Waals surface area contributed by atoms with E-state index in [-0.39, 0.29) is 19.0 Å². The van der Waals surface area contributed by atoms with Crippen LogP contribution in [0.3, 0.4) is 0 Å². The van der Waals surface area contributed by atoms with Gasteiger partial charge < -0.3 is 10.6 Å². The monoisotopic (exact) mass is 212 g/mol. The Morgan fingerprint density at radius 3 is 2.07 bits per heavy atom. The summed E-state index contributed by atoms with van der Waals surface area (Å²) in [5.74, 6) is -1.24. The van der Waals surface area contributed by atoms with Crippen LogP contribution < -0.4 is 5.73 Å². The highest BCUT2D eigenvalue weighted by atomic mass is 19.4. The minimum absolute atomic E-state index is 0.0633. The first-order valence-electron chi connectivity index (χ1n) is 4.90. The van der Waals surface area contributed by atoms with Crippen LogP contribution in [-0.2, 0) is 0 Å². The van der Waals surface area contributed by atoms with Crippen molar-refractivity contribution in [1.29, 1.82) is 0 Å². The SMILES string of the molecule is CC.CN1CC(N)CC(C(F)(F)F)C1. The number of likely N-dealkylation sites (tertiary alicyclic amines) is 1. The van der Waals surface area contributed by atoms with Gasteiger partial charge in [-0.1, -0.05) is 13.8 Å². The van der Waals surface area contributed by atoms with Gasteiger partial charge >= 0.3 is 6.18 Å². The zero-order valence-corrected chi connectivity index (χ0v) is 8.93. The molecule has 86 valence electrons. The normalized spacial score (nSPS) is 29.4. The molecule has 2 atom stereocenters. The molecule has 0 aromatic rings. The van der Waals surface area contributed by atoms with Gasteiger partial charge in [0.2, 0.25) is 0 Å². The molecule has 0 amide bonds. The number of nitrogens with zero attached hydrogens (tertiary/aromatic N) is 1. The molecule has 1 heterocycles. The third-order valence-corrected chi connectivity index (χ3v) is 2.13. The van der Waals surface area contributed by atoms with Crippen LogP contribution in [0.1, 0.15) is 20.3 Å². The van der Waals surface area contributed by atoms with E-state index in [0.29, 0.717) is 6.54 Å². The van der Waals surface area contributed by atoms with Crippen molar-refractivity contribution in [3.8, 4) is 0 Å². The molecule has 14 heavy (non-hydrogen) atoms. The fourth-order valence-electron chi connectivity index (χ4n) is 1.60. The summed E-state index contributed by atoms with van der Waals surface area (Å²) >= 11 is 0. The lowest BCUT2D eigenvalue weighted by molar-refractivity contribution is -0.186. The largest absolute Gasteiger partial charge is 0.393 e. The molecule has 0 aromatic carbocycles. The van der Waals surface area contributed by atoms with Crippen LogP contribution in [0.25, 0.3) is 0 Å². The number of nitrogens with two attached hydrogens (primary N) is 1. The molecule has 5 heteroatoms. The van der Waals surface area contributed by atoms with E-state index in [2.05, 4.69) is 0 Å². The van der Waals surface area contributed by atoms with E-state index in [0.717, 1.165) is 0 Å². The zero-order chi connectivity index (χ0) is 11.4. The van der Waals surface area contributed by atoms with Gasteiger partial charge in [0.15, 0.2) is 0 Å². The summed E-state index contributed by atoms with van der Waals surface area (Å²) in [5.41, 5.74) is 5.47. The van der Waals surface area contributed by atoms with Crippen LogP contribution in [0.2, 0.25) is 0 Å². The number of halogens is 3. The van der Waals surface area contributed by atoms with Gasteiger partial charge in [0.25, 0.3) is 0 Å². The maximum atomic E-state index is 12.2. The second-order valence-corrected chi connectivity index (χ2v) is 3.46. The number of piperidine rings is 1. The van der Waals surface area contributed by atoms with Gasteiger partial charge in [-0.05, 0) is 13.5 Å². The molecule has 2 N–H and O–H groups in total. The standard InChI is InChI=1S/C7H13F3N2.C2H6/c1-12-3-5(7(8,9)10)2-6(11)4-12;1-2/h5-6H,2-4,11H2,1H3;1-2H3. The van der Waals surface area contributed by atoms with Crippen molar-refractivity contribution in [3.05, 3.63) is 0 Å². The van der Waals surface area contributed by atoms with Crippen LogP contribution in [0, 0.1) is 5.92 Å². The summed E-state index contributed by atoms with van der Waals surface area (Å²) in [4.78, 5) is 1.63. The van der Waals surface area contributed by atoms with Gasteiger partial charge in [0, 0.05) is 19.1 Å². The minimum atomic E-state index is -4.09. The predicted molar refractivity (Wildman–Crippen MR) is 51.0 cm³/mol. The van der Waals surface area contributed by atoms with Gasteiger partial charge in [-0.25, -0.2) is 0 Å². The van der Waals surface area contributed by atoms with Crippen LogP contribution in [0.4, 0.5) is 13.2 Å². The molecule has 1 fully saturated rings. The number of alkyl halides is 3. The molecule has 0 bridgehead atoms. The van der Waals surface area contributed by atoms with Crippen molar-refractivity contribution < 1.29 is 13.2 Å². The summed E-state index contributed by atoms with van der Waals surface area (Å²) in [7, 11) is 1.66. The van der Waals surface area contributed by atoms with Gasteiger partial charge in [-0.15, -0.1) is 0 Å². The van der Waals surface area contributed by atoms with Gasteiger partial charge in [0.1, 0.15) is 0 Å². The van der Waals surface area contributed by atoms with Crippen molar-refractivity contribution in [2.24, 2.45) is 11.7 Å². The van der Waals surface area contributed by atoms with Crippen molar-refractivity contribution in [1.82, 2.24) is 4.90 Å². The van der Waals surface area contributed by atoms with E-state index in [1.807, 2.05) is 13.8 Å². The van der Waals surface area contributed by atoms with Crippen molar-refractivity contribution in [2.75, 3.05) is 20.1 Å². The molecular weight excluding hydrogens is 193 g/mol. The minimum Gasteiger partial charge on any atom is -0.327 e. The van der Waals surface area contributed by atoms with Crippen molar-refractivity contribution in [3.63, 3.8) is 0 Å². The number of hydrogen-bond donors (Lipinski definition) is 1. The van der Waals surface area contributed by atoms with E-state index in [1.165, 1.54) is 0 Å². The van der Waals surface area contributed by atoms with E-state index in [9.17, 15) is 13.2 Å². The highest BCUT2D eigenvalue weighted by Gasteiger charge is 2.42. The Labute approximate surface area is 83.3 Å². The van der Waals surface area contributed by atoms with Crippen molar-refractivity contribution >= 4 is 0 Å². The van der Waals surface area contributed by atoms with E-state index in [1.54, 1.807) is 11.9 Å². The predicted octanol–water partition coefficient (Wildman–Crippen LogP) is 1.85. The molecule has 1 saturated heterocycles. The molecule has 2 unspecified atom stereocenters. The Hall–Kier alpha value is -0.290. The molecular formula is C9H19F3N2. The first kappa shape index (κ1) is 13.7. The molecule has 1 aliphatic rings. The fraction of sp³-hybridized carbons (Fsp3) is 1.00. The third-order valence-electron chi connectivity index (χ3n) is 2.13. The topological polar surface area (TPSA) is 29.3 Å². The maximum absolute atomic E-state index is 12.2. The zero-order valence-electron chi connectivity index (χ0n) is 8.93. The molecule has 1 rings (SSSR count).